The molecular formula is C27H31N5O3S. The van der Waals surface area contributed by atoms with Crippen LogP contribution in [0.3, 0.4) is 0 Å². The summed E-state index contributed by atoms with van der Waals surface area (Å²) in [6.07, 6.45) is 2.69. The van der Waals surface area contributed by atoms with Crippen LogP contribution in [-0.4, -0.2) is 52.8 Å². The average molecular weight is 506 g/mol. The molecule has 2 N–H and O–H groups in total. The summed E-state index contributed by atoms with van der Waals surface area (Å²) in [5.41, 5.74) is 5.92. The van der Waals surface area contributed by atoms with Crippen molar-refractivity contribution in [1.29, 1.82) is 0 Å². The van der Waals surface area contributed by atoms with Crippen LogP contribution in [0.15, 0.2) is 65.1 Å². The number of hydrogen-bond donors (Lipinski definition) is 2. The van der Waals surface area contributed by atoms with Gasteiger partial charge in [-0.3, -0.25) is 10.2 Å². The number of amides is 2. The highest BCUT2D eigenvalue weighted by Crippen LogP contribution is 2.24. The Morgan fingerprint density at radius 1 is 1.08 bits per heavy atom. The molecule has 0 bridgehead atoms. The Kier molecular flexibility index (Phi) is 8.00. The van der Waals surface area contributed by atoms with E-state index in [1.54, 1.807) is 6.21 Å². The first-order valence-corrected chi connectivity index (χ1v) is 12.8. The summed E-state index contributed by atoms with van der Waals surface area (Å²) < 4.78 is 5.32. The molecule has 0 saturated carbocycles. The minimum Gasteiger partial charge on any atom is -0.444 e. The van der Waals surface area contributed by atoms with E-state index in [1.807, 2.05) is 85.6 Å². The average Bonchev–Trinajstić information content (AvgIpc) is 3.33. The van der Waals surface area contributed by atoms with Crippen LogP contribution in [0.5, 0.6) is 0 Å². The second kappa shape index (κ2) is 11.3. The molecule has 0 aliphatic carbocycles. The molecule has 1 aliphatic rings. The van der Waals surface area contributed by atoms with Gasteiger partial charge in [-0.05, 0) is 51.3 Å². The predicted octanol–water partition coefficient (Wildman–Crippen LogP) is 5.39. The first-order chi connectivity index (χ1) is 17.3. The third-order valence-corrected chi connectivity index (χ3v) is 6.36. The number of ether oxygens (including phenoxy) is 1. The first kappa shape index (κ1) is 25.4. The van der Waals surface area contributed by atoms with Crippen molar-refractivity contribution in [3.05, 3.63) is 71.1 Å². The van der Waals surface area contributed by atoms with Gasteiger partial charge in [0.2, 0.25) is 5.13 Å². The summed E-state index contributed by atoms with van der Waals surface area (Å²) in [5, 5.41) is 9.87. The van der Waals surface area contributed by atoms with Crippen LogP contribution in [0, 0.1) is 0 Å². The lowest BCUT2D eigenvalue weighted by atomic mass is 10.0. The normalized spacial score (nSPS) is 14.6. The maximum absolute atomic E-state index is 12.9. The predicted molar refractivity (Wildman–Crippen MR) is 144 cm³/mol. The Morgan fingerprint density at radius 3 is 2.44 bits per heavy atom. The summed E-state index contributed by atoms with van der Waals surface area (Å²) in [6, 6.07) is 17.4. The summed E-state index contributed by atoms with van der Waals surface area (Å²) in [6.45, 7) is 6.69. The van der Waals surface area contributed by atoms with Crippen molar-refractivity contribution >= 4 is 34.7 Å². The fourth-order valence-corrected chi connectivity index (χ4v) is 4.49. The Bertz CT molecular complexity index is 1190. The van der Waals surface area contributed by atoms with E-state index in [0.717, 1.165) is 16.8 Å². The number of rotatable bonds is 6. The van der Waals surface area contributed by atoms with Crippen LogP contribution in [-0.2, 0) is 4.74 Å². The van der Waals surface area contributed by atoms with Gasteiger partial charge in [0.05, 0.1) is 11.9 Å². The van der Waals surface area contributed by atoms with E-state index in [4.69, 9.17) is 4.74 Å². The van der Waals surface area contributed by atoms with Gasteiger partial charge >= 0.3 is 6.09 Å². The molecule has 1 fully saturated rings. The van der Waals surface area contributed by atoms with Crippen molar-refractivity contribution in [1.82, 2.24) is 15.2 Å². The second-order valence-electron chi connectivity index (χ2n) is 9.61. The number of hydrazone groups is 1. The lowest BCUT2D eigenvalue weighted by Crippen LogP contribution is -2.47. The molecule has 3 aromatic rings. The lowest BCUT2D eigenvalue weighted by molar-refractivity contribution is 0.0473. The minimum atomic E-state index is -0.527. The molecule has 0 unspecified atom stereocenters. The van der Waals surface area contributed by atoms with Gasteiger partial charge in [-0.2, -0.15) is 5.10 Å². The smallest absolute Gasteiger partial charge is 0.407 e. The molecule has 36 heavy (non-hydrogen) atoms. The van der Waals surface area contributed by atoms with Gasteiger partial charge in [0.15, 0.2) is 0 Å². The molecule has 188 valence electrons. The monoisotopic (exact) mass is 505 g/mol. The van der Waals surface area contributed by atoms with Crippen LogP contribution in [0.1, 0.15) is 49.5 Å². The maximum atomic E-state index is 12.9. The zero-order chi connectivity index (χ0) is 25.5. The van der Waals surface area contributed by atoms with Gasteiger partial charge < -0.3 is 15.0 Å². The fraction of sp³-hybridized carbons (Fsp3) is 0.333. The lowest BCUT2D eigenvalue weighted by Gasteiger charge is -2.33. The fourth-order valence-electron chi connectivity index (χ4n) is 3.82. The minimum absolute atomic E-state index is 0.0106. The third kappa shape index (κ3) is 7.14. The van der Waals surface area contributed by atoms with Crippen molar-refractivity contribution in [2.45, 2.75) is 45.3 Å². The van der Waals surface area contributed by atoms with E-state index in [2.05, 4.69) is 20.8 Å². The number of carbonyl (C=O) groups excluding carboxylic acids is 2. The van der Waals surface area contributed by atoms with E-state index in [1.165, 1.54) is 11.3 Å². The number of aromatic nitrogens is 1. The zero-order valence-electron chi connectivity index (χ0n) is 20.7. The van der Waals surface area contributed by atoms with Crippen molar-refractivity contribution in [2.75, 3.05) is 18.5 Å². The number of nitrogens with zero attached hydrogens (tertiary/aromatic N) is 3. The van der Waals surface area contributed by atoms with E-state index in [9.17, 15) is 9.59 Å². The molecule has 0 atom stereocenters. The van der Waals surface area contributed by atoms with E-state index >= 15 is 0 Å². The maximum Gasteiger partial charge on any atom is 0.407 e. The van der Waals surface area contributed by atoms with Gasteiger partial charge in [-0.1, -0.05) is 42.5 Å². The molecule has 2 amide bonds. The SMILES string of the molecule is CC(C)(C)OC(=O)NC1CCN(C(=O)c2ccc(C=NNc3nc(-c4ccccc4)cs3)cc2)CC1. The molecule has 2 heterocycles. The highest BCUT2D eigenvalue weighted by atomic mass is 32.1. The van der Waals surface area contributed by atoms with Gasteiger partial charge in [0.25, 0.3) is 5.91 Å². The molecular weight excluding hydrogens is 474 g/mol. The van der Waals surface area contributed by atoms with Crippen molar-refractivity contribution in [3.8, 4) is 11.3 Å². The van der Waals surface area contributed by atoms with E-state index in [-0.39, 0.29) is 11.9 Å². The number of likely N-dealkylation sites (tertiary alicyclic amines) is 1. The van der Waals surface area contributed by atoms with Crippen LogP contribution >= 0.6 is 11.3 Å². The second-order valence-corrected chi connectivity index (χ2v) is 10.5. The zero-order valence-corrected chi connectivity index (χ0v) is 21.5. The van der Waals surface area contributed by atoms with Gasteiger partial charge in [-0.25, -0.2) is 9.78 Å². The van der Waals surface area contributed by atoms with Crippen LogP contribution in [0.25, 0.3) is 11.3 Å². The van der Waals surface area contributed by atoms with Crippen LogP contribution in [0.2, 0.25) is 0 Å². The van der Waals surface area contributed by atoms with E-state index < -0.39 is 11.7 Å². The van der Waals surface area contributed by atoms with Gasteiger partial charge in [0, 0.05) is 35.6 Å². The quantitative estimate of drug-likeness (QED) is 0.346. The number of benzene rings is 2. The molecule has 8 nitrogen and oxygen atoms in total. The number of carbonyl (C=O) groups is 2. The van der Waals surface area contributed by atoms with E-state index in [0.29, 0.717) is 36.6 Å². The topological polar surface area (TPSA) is 95.9 Å². The summed E-state index contributed by atoms with van der Waals surface area (Å²) in [7, 11) is 0. The summed E-state index contributed by atoms with van der Waals surface area (Å²) in [4.78, 5) is 31.3. The molecule has 4 rings (SSSR count). The van der Waals surface area contributed by atoms with Gasteiger partial charge in [0.1, 0.15) is 5.60 Å². The number of thiazole rings is 1. The number of alkyl carbamates (subject to hydrolysis) is 1. The molecule has 1 aliphatic heterocycles. The van der Waals surface area contributed by atoms with Gasteiger partial charge in [-0.15, -0.1) is 11.3 Å². The molecule has 9 heteroatoms. The molecule has 1 saturated heterocycles. The standard InChI is InChI=1S/C27H31N5O3S/c1-27(2,3)35-26(34)29-22-13-15-32(16-14-22)24(33)21-11-9-19(10-12-21)17-28-31-25-30-23(18-36-25)20-7-5-4-6-8-20/h4-12,17-18,22H,13-16H2,1-3H3,(H,29,34)(H,30,31). The number of anilines is 1. The highest BCUT2D eigenvalue weighted by Gasteiger charge is 2.26. The molecule has 1 aromatic heterocycles. The number of nitrogens with one attached hydrogen (secondary N) is 2. The summed E-state index contributed by atoms with van der Waals surface area (Å²) in [5.74, 6) is -0.0106. The highest BCUT2D eigenvalue weighted by molar-refractivity contribution is 7.14. The Labute approximate surface area is 215 Å². The Hall–Kier alpha value is -3.72. The van der Waals surface area contributed by atoms with Crippen LogP contribution in [0.4, 0.5) is 9.93 Å². The Balaban J connectivity index is 1.25. The largest absolute Gasteiger partial charge is 0.444 e. The third-order valence-electron chi connectivity index (χ3n) is 5.61. The first-order valence-electron chi connectivity index (χ1n) is 12.0. The number of piperidine rings is 1. The summed E-state index contributed by atoms with van der Waals surface area (Å²) >= 11 is 1.49. The van der Waals surface area contributed by atoms with Crippen LogP contribution < -0.4 is 10.7 Å². The van der Waals surface area contributed by atoms with Crippen molar-refractivity contribution < 1.29 is 14.3 Å². The molecule has 0 radical (unpaired) electrons. The molecule has 2 aromatic carbocycles. The number of hydrogen-bond acceptors (Lipinski definition) is 7. The van der Waals surface area contributed by atoms with Crippen molar-refractivity contribution in [2.24, 2.45) is 5.10 Å². The molecule has 0 spiro atoms. The van der Waals surface area contributed by atoms with Crippen molar-refractivity contribution in [3.63, 3.8) is 0 Å². The Morgan fingerprint density at radius 2 is 1.78 bits per heavy atom.